The van der Waals surface area contributed by atoms with Crippen molar-refractivity contribution in [2.45, 2.75) is 39.5 Å². The number of rotatable bonds is 8. The quantitative estimate of drug-likeness (QED) is 0.454. The Morgan fingerprint density at radius 1 is 1.20 bits per heavy atom. The molecule has 1 heterocycles. The number of benzene rings is 1. The summed E-state index contributed by atoms with van der Waals surface area (Å²) in [6.45, 7) is 4.24. The molecular weight excluding hydrogens is 316 g/mol. The average molecular weight is 342 g/mol. The lowest BCUT2D eigenvalue weighted by Crippen LogP contribution is -2.07. The molecule has 5 heteroatoms. The number of nitrogens with zero attached hydrogens (tertiary/aromatic N) is 1. The zero-order valence-electron chi connectivity index (χ0n) is 15.2. The van der Waals surface area contributed by atoms with Gasteiger partial charge in [0.15, 0.2) is 5.78 Å². The molecule has 0 fully saturated rings. The molecule has 0 atom stereocenters. The lowest BCUT2D eigenvalue weighted by molar-refractivity contribution is -0.143. The number of nitrogen functional groups attached to an aromatic ring is 1. The summed E-state index contributed by atoms with van der Waals surface area (Å²) >= 11 is 0. The van der Waals surface area contributed by atoms with Crippen LogP contribution in [-0.2, 0) is 29.4 Å². The van der Waals surface area contributed by atoms with Crippen molar-refractivity contribution in [3.63, 3.8) is 0 Å². The number of aryl methyl sites for hydroxylation is 1. The summed E-state index contributed by atoms with van der Waals surface area (Å²) in [6, 6.07) is 8.98. The minimum atomic E-state index is -0.177. The fourth-order valence-corrected chi connectivity index (χ4v) is 3.05. The van der Waals surface area contributed by atoms with E-state index in [2.05, 4.69) is 4.57 Å². The van der Waals surface area contributed by atoms with Gasteiger partial charge in [0.05, 0.1) is 6.61 Å². The van der Waals surface area contributed by atoms with Gasteiger partial charge in [0.1, 0.15) is 0 Å². The Morgan fingerprint density at radius 3 is 2.60 bits per heavy atom. The van der Waals surface area contributed by atoms with Crippen LogP contribution < -0.4 is 5.73 Å². The predicted molar refractivity (Wildman–Crippen MR) is 98.6 cm³/mol. The summed E-state index contributed by atoms with van der Waals surface area (Å²) in [5.41, 5.74) is 9.73. The molecule has 0 bridgehead atoms. The second-order valence-electron chi connectivity index (χ2n) is 6.02. The number of carbonyl (C=O) groups is 2. The van der Waals surface area contributed by atoms with Crippen molar-refractivity contribution in [1.82, 2.24) is 4.57 Å². The van der Waals surface area contributed by atoms with E-state index in [9.17, 15) is 9.59 Å². The van der Waals surface area contributed by atoms with Crippen molar-refractivity contribution < 1.29 is 14.3 Å². The highest BCUT2D eigenvalue weighted by Gasteiger charge is 2.19. The highest BCUT2D eigenvalue weighted by molar-refractivity contribution is 6.10. The number of hydrogen-bond acceptors (Lipinski definition) is 4. The second kappa shape index (κ2) is 8.51. The third-order valence-electron chi connectivity index (χ3n) is 4.31. The van der Waals surface area contributed by atoms with Crippen LogP contribution in [-0.4, -0.2) is 22.9 Å². The Balaban J connectivity index is 2.19. The molecule has 134 valence electrons. The summed E-state index contributed by atoms with van der Waals surface area (Å²) in [4.78, 5) is 24.3. The maximum Gasteiger partial charge on any atom is 0.305 e. The largest absolute Gasteiger partial charge is 0.466 e. The van der Waals surface area contributed by atoms with E-state index in [1.165, 1.54) is 0 Å². The number of nitrogens with two attached hydrogens (primary N) is 1. The third-order valence-corrected chi connectivity index (χ3v) is 4.31. The SMILES string of the molecule is CCOC(=O)CCCc1cc(C(=O)c2cccc(N)c2)c(CC)n1C. The number of carbonyl (C=O) groups excluding carboxylic acids is 2. The Bertz CT molecular complexity index is 762. The molecule has 1 aromatic carbocycles. The van der Waals surface area contributed by atoms with Gasteiger partial charge in [0.2, 0.25) is 0 Å². The van der Waals surface area contributed by atoms with E-state index in [0.29, 0.717) is 36.3 Å². The lowest BCUT2D eigenvalue weighted by Gasteiger charge is -2.07. The van der Waals surface area contributed by atoms with Crippen molar-refractivity contribution in [3.05, 3.63) is 52.8 Å². The first-order valence-corrected chi connectivity index (χ1v) is 8.71. The van der Waals surface area contributed by atoms with Gasteiger partial charge < -0.3 is 15.0 Å². The molecule has 0 radical (unpaired) electrons. The summed E-state index contributed by atoms with van der Waals surface area (Å²) in [5.74, 6) is -0.195. The highest BCUT2D eigenvalue weighted by atomic mass is 16.5. The molecule has 0 aliphatic heterocycles. The van der Waals surface area contributed by atoms with Crippen LogP contribution in [0.3, 0.4) is 0 Å². The third kappa shape index (κ3) is 4.50. The molecule has 0 aliphatic carbocycles. The van der Waals surface area contributed by atoms with Crippen molar-refractivity contribution in [2.24, 2.45) is 7.05 Å². The Hall–Kier alpha value is -2.56. The highest BCUT2D eigenvalue weighted by Crippen LogP contribution is 2.22. The van der Waals surface area contributed by atoms with E-state index in [0.717, 1.165) is 24.2 Å². The van der Waals surface area contributed by atoms with Crippen LogP contribution in [0.1, 0.15) is 54.0 Å². The number of ketones is 1. The van der Waals surface area contributed by atoms with E-state index in [-0.39, 0.29) is 11.8 Å². The van der Waals surface area contributed by atoms with Crippen LogP contribution in [0.2, 0.25) is 0 Å². The number of hydrogen-bond donors (Lipinski definition) is 1. The van der Waals surface area contributed by atoms with Gasteiger partial charge in [-0.25, -0.2) is 0 Å². The zero-order valence-corrected chi connectivity index (χ0v) is 15.2. The van der Waals surface area contributed by atoms with Crippen LogP contribution in [0.5, 0.6) is 0 Å². The fourth-order valence-electron chi connectivity index (χ4n) is 3.05. The summed E-state index contributed by atoms with van der Waals surface area (Å²) in [7, 11) is 1.97. The minimum Gasteiger partial charge on any atom is -0.466 e. The smallest absolute Gasteiger partial charge is 0.305 e. The summed E-state index contributed by atoms with van der Waals surface area (Å²) in [6.07, 6.45) is 2.58. The normalized spacial score (nSPS) is 10.7. The fraction of sp³-hybridized carbons (Fsp3) is 0.400. The Morgan fingerprint density at radius 2 is 1.96 bits per heavy atom. The molecular formula is C20H26N2O3. The van der Waals surface area contributed by atoms with Crippen molar-refractivity contribution >= 4 is 17.4 Å². The van der Waals surface area contributed by atoms with Gasteiger partial charge in [-0.3, -0.25) is 9.59 Å². The van der Waals surface area contributed by atoms with Crippen molar-refractivity contribution in [3.8, 4) is 0 Å². The van der Waals surface area contributed by atoms with Crippen LogP contribution >= 0.6 is 0 Å². The van der Waals surface area contributed by atoms with E-state index < -0.39 is 0 Å². The molecule has 2 N–H and O–H groups in total. The first-order chi connectivity index (χ1) is 12.0. The molecule has 0 amide bonds. The molecule has 0 saturated heterocycles. The maximum absolute atomic E-state index is 12.9. The van der Waals surface area contributed by atoms with Crippen LogP contribution in [0, 0.1) is 0 Å². The Labute approximate surface area is 148 Å². The van der Waals surface area contributed by atoms with E-state index in [1.54, 1.807) is 31.2 Å². The van der Waals surface area contributed by atoms with E-state index in [4.69, 9.17) is 10.5 Å². The zero-order chi connectivity index (χ0) is 18.4. The standard InChI is InChI=1S/C20H26N2O3/c1-4-18-17(20(24)14-8-6-9-15(21)12-14)13-16(22(18)3)10-7-11-19(23)25-5-2/h6,8-9,12-13H,4-5,7,10-11,21H2,1-3H3. The monoisotopic (exact) mass is 342 g/mol. The molecule has 0 saturated carbocycles. The number of ether oxygens (including phenoxy) is 1. The lowest BCUT2D eigenvalue weighted by atomic mass is 10.0. The van der Waals surface area contributed by atoms with Gasteiger partial charge in [-0.05, 0) is 44.4 Å². The van der Waals surface area contributed by atoms with Crippen LogP contribution in [0.4, 0.5) is 5.69 Å². The summed E-state index contributed by atoms with van der Waals surface area (Å²) in [5, 5.41) is 0. The van der Waals surface area contributed by atoms with Gasteiger partial charge in [-0.15, -0.1) is 0 Å². The minimum absolute atomic E-state index is 0.0172. The van der Waals surface area contributed by atoms with E-state index in [1.807, 2.05) is 20.0 Å². The molecule has 2 rings (SSSR count). The molecule has 1 aromatic heterocycles. The molecule has 5 nitrogen and oxygen atoms in total. The van der Waals surface area contributed by atoms with Crippen LogP contribution in [0.25, 0.3) is 0 Å². The van der Waals surface area contributed by atoms with Gasteiger partial charge >= 0.3 is 5.97 Å². The molecule has 25 heavy (non-hydrogen) atoms. The molecule has 0 unspecified atom stereocenters. The average Bonchev–Trinajstić information content (AvgIpc) is 2.90. The van der Waals surface area contributed by atoms with Gasteiger partial charge in [0, 0.05) is 41.7 Å². The topological polar surface area (TPSA) is 74.3 Å². The second-order valence-corrected chi connectivity index (χ2v) is 6.02. The maximum atomic E-state index is 12.9. The van der Waals surface area contributed by atoms with Crippen molar-refractivity contribution in [1.29, 1.82) is 0 Å². The predicted octanol–water partition coefficient (Wildman–Crippen LogP) is 3.29. The van der Waals surface area contributed by atoms with Gasteiger partial charge in [0.25, 0.3) is 0 Å². The molecule has 0 aliphatic rings. The number of anilines is 1. The van der Waals surface area contributed by atoms with Gasteiger partial charge in [-0.2, -0.15) is 0 Å². The van der Waals surface area contributed by atoms with Crippen LogP contribution in [0.15, 0.2) is 30.3 Å². The first kappa shape index (κ1) is 18.8. The molecule has 0 spiro atoms. The first-order valence-electron chi connectivity index (χ1n) is 8.71. The van der Waals surface area contributed by atoms with E-state index >= 15 is 0 Å². The van der Waals surface area contributed by atoms with Crippen molar-refractivity contribution in [2.75, 3.05) is 12.3 Å². The van der Waals surface area contributed by atoms with Gasteiger partial charge in [-0.1, -0.05) is 19.1 Å². The summed E-state index contributed by atoms with van der Waals surface area (Å²) < 4.78 is 7.02. The number of esters is 1. The Kier molecular flexibility index (Phi) is 6.39. The molecule has 2 aromatic rings. The number of aromatic nitrogens is 1.